The number of carbonyl (C=O) groups is 5. The van der Waals surface area contributed by atoms with Gasteiger partial charge >= 0.3 is 5.97 Å². The van der Waals surface area contributed by atoms with Crippen molar-refractivity contribution in [2.24, 2.45) is 0 Å². The zero-order chi connectivity index (χ0) is 27.9. The Morgan fingerprint density at radius 2 is 1.51 bits per heavy atom. The normalized spacial score (nSPS) is 14.6. The van der Waals surface area contributed by atoms with Crippen LogP contribution in [0.2, 0.25) is 0 Å². The Balaban J connectivity index is 1.33. The van der Waals surface area contributed by atoms with Crippen molar-refractivity contribution in [1.82, 2.24) is 10.9 Å². The van der Waals surface area contributed by atoms with E-state index >= 15 is 0 Å². The maximum Gasteiger partial charge on any atom is 0.338 e. The number of hydrogen-bond acceptors (Lipinski definition) is 9. The van der Waals surface area contributed by atoms with Gasteiger partial charge in [0.15, 0.2) is 23.9 Å². The Bertz CT molecular complexity index is 1410. The van der Waals surface area contributed by atoms with Crippen LogP contribution >= 0.6 is 0 Å². The van der Waals surface area contributed by atoms with E-state index in [2.05, 4.69) is 10.9 Å². The van der Waals surface area contributed by atoms with Crippen molar-refractivity contribution in [2.45, 2.75) is 12.5 Å². The third kappa shape index (κ3) is 6.11. The van der Waals surface area contributed by atoms with Crippen LogP contribution < -0.4 is 25.2 Å². The van der Waals surface area contributed by atoms with Crippen LogP contribution in [0.5, 0.6) is 11.5 Å². The zero-order valence-electron chi connectivity index (χ0n) is 21.1. The molecule has 3 aromatic rings. The summed E-state index contributed by atoms with van der Waals surface area (Å²) in [5.74, 6) is -1.83. The molecule has 3 aromatic carbocycles. The van der Waals surface area contributed by atoms with Gasteiger partial charge in [0.05, 0.1) is 31.9 Å². The second-order valence-electron chi connectivity index (χ2n) is 8.40. The molecule has 0 aromatic heterocycles. The number of hydrogen-bond donors (Lipinski definition) is 2. The van der Waals surface area contributed by atoms with Gasteiger partial charge in [-0.05, 0) is 54.6 Å². The molecule has 3 amide bonds. The Morgan fingerprint density at radius 1 is 0.846 bits per heavy atom. The molecule has 1 atom stereocenters. The third-order valence-electron chi connectivity index (χ3n) is 5.94. The highest BCUT2D eigenvalue weighted by atomic mass is 16.5. The molecule has 1 aliphatic rings. The Labute approximate surface area is 223 Å². The molecule has 1 unspecified atom stereocenters. The summed E-state index contributed by atoms with van der Waals surface area (Å²) in [6.45, 7) is -0.499. The quantitative estimate of drug-likeness (QED) is 0.175. The predicted octanol–water partition coefficient (Wildman–Crippen LogP) is 2.31. The molecule has 0 bridgehead atoms. The number of ether oxygens (including phenoxy) is 3. The average Bonchev–Trinajstić information content (AvgIpc) is 3.26. The minimum atomic E-state index is -0.947. The van der Waals surface area contributed by atoms with Gasteiger partial charge in [0.1, 0.15) is 6.04 Å². The fraction of sp³-hybridized carbons (Fsp3) is 0.179. The van der Waals surface area contributed by atoms with Gasteiger partial charge < -0.3 is 14.2 Å². The Hall–Kier alpha value is -5.03. The summed E-state index contributed by atoms with van der Waals surface area (Å²) < 4.78 is 15.5. The number of amides is 3. The predicted molar refractivity (Wildman–Crippen MR) is 139 cm³/mol. The largest absolute Gasteiger partial charge is 0.493 e. The van der Waals surface area contributed by atoms with E-state index in [0.29, 0.717) is 17.1 Å². The molecule has 1 heterocycles. The first kappa shape index (κ1) is 27.0. The van der Waals surface area contributed by atoms with Crippen molar-refractivity contribution >= 4 is 35.2 Å². The number of imide groups is 1. The number of methoxy groups -OCH3 is 2. The molecule has 0 aliphatic carbocycles. The molecule has 200 valence electrons. The summed E-state index contributed by atoms with van der Waals surface area (Å²) in [7, 11) is 2.92. The van der Waals surface area contributed by atoms with Crippen molar-refractivity contribution in [3.05, 3.63) is 89.5 Å². The van der Waals surface area contributed by atoms with E-state index in [1.165, 1.54) is 50.6 Å². The first-order valence-electron chi connectivity index (χ1n) is 11.8. The third-order valence-corrected chi connectivity index (χ3v) is 5.94. The number of hydrazine groups is 1. The van der Waals surface area contributed by atoms with Gasteiger partial charge in [-0.25, -0.2) is 15.1 Å². The SMILES string of the molecule is COc1ccc(C(=O)COC(=O)c2ccc(N3C(=O)CC(NNC(=O)c4ccccc4)C3=O)cc2)cc1OC. The highest BCUT2D eigenvalue weighted by Gasteiger charge is 2.39. The number of anilines is 1. The van der Waals surface area contributed by atoms with Gasteiger partial charge in [-0.1, -0.05) is 18.2 Å². The Morgan fingerprint density at radius 3 is 2.18 bits per heavy atom. The summed E-state index contributed by atoms with van der Waals surface area (Å²) >= 11 is 0. The van der Waals surface area contributed by atoms with Crippen molar-refractivity contribution in [2.75, 3.05) is 25.7 Å². The van der Waals surface area contributed by atoms with E-state index in [0.717, 1.165) is 4.90 Å². The Kier molecular flexibility index (Phi) is 8.32. The summed E-state index contributed by atoms with van der Waals surface area (Å²) in [5, 5.41) is 0. The average molecular weight is 532 g/mol. The lowest BCUT2D eigenvalue weighted by atomic mass is 10.1. The van der Waals surface area contributed by atoms with Crippen LogP contribution in [0.3, 0.4) is 0 Å². The maximum atomic E-state index is 12.8. The van der Waals surface area contributed by atoms with E-state index < -0.39 is 42.1 Å². The molecule has 1 fully saturated rings. The summed E-state index contributed by atoms with van der Waals surface area (Å²) in [6.07, 6.45) is -0.157. The molecule has 1 saturated heterocycles. The number of benzene rings is 3. The molecule has 0 saturated carbocycles. The lowest BCUT2D eigenvalue weighted by molar-refractivity contribution is -0.121. The topological polar surface area (TPSA) is 140 Å². The minimum Gasteiger partial charge on any atom is -0.493 e. The maximum absolute atomic E-state index is 12.8. The van der Waals surface area contributed by atoms with Gasteiger partial charge in [-0.3, -0.25) is 24.6 Å². The van der Waals surface area contributed by atoms with Crippen LogP contribution in [0.15, 0.2) is 72.8 Å². The van der Waals surface area contributed by atoms with Crippen molar-refractivity contribution in [3.8, 4) is 11.5 Å². The van der Waals surface area contributed by atoms with E-state index in [4.69, 9.17) is 14.2 Å². The van der Waals surface area contributed by atoms with E-state index in [-0.39, 0.29) is 23.2 Å². The second-order valence-corrected chi connectivity index (χ2v) is 8.40. The first-order chi connectivity index (χ1) is 18.8. The van der Waals surface area contributed by atoms with Gasteiger partial charge in [0.2, 0.25) is 5.91 Å². The van der Waals surface area contributed by atoms with Gasteiger partial charge in [0, 0.05) is 11.1 Å². The molecule has 11 nitrogen and oxygen atoms in total. The number of esters is 1. The summed E-state index contributed by atoms with van der Waals surface area (Å²) in [6, 6.07) is 17.7. The number of nitrogens with one attached hydrogen (secondary N) is 2. The molecule has 11 heteroatoms. The lowest BCUT2D eigenvalue weighted by Gasteiger charge is -2.16. The van der Waals surface area contributed by atoms with Gasteiger partial charge in [-0.15, -0.1) is 0 Å². The molecule has 1 aliphatic heterocycles. The van der Waals surface area contributed by atoms with Crippen LogP contribution in [-0.2, 0) is 14.3 Å². The lowest BCUT2D eigenvalue weighted by Crippen LogP contribution is -2.48. The van der Waals surface area contributed by atoms with E-state index in [1.54, 1.807) is 36.4 Å². The highest BCUT2D eigenvalue weighted by molar-refractivity contribution is 6.22. The molecule has 39 heavy (non-hydrogen) atoms. The zero-order valence-corrected chi connectivity index (χ0v) is 21.1. The van der Waals surface area contributed by atoms with Crippen LogP contribution in [0.25, 0.3) is 0 Å². The molecule has 0 spiro atoms. The van der Waals surface area contributed by atoms with E-state index in [1.807, 2.05) is 0 Å². The van der Waals surface area contributed by atoms with Gasteiger partial charge in [-0.2, -0.15) is 0 Å². The summed E-state index contributed by atoms with van der Waals surface area (Å²) in [4.78, 5) is 63.5. The molecule has 0 radical (unpaired) electrons. The number of rotatable bonds is 10. The van der Waals surface area contributed by atoms with Crippen LogP contribution in [0, 0.1) is 0 Å². The van der Waals surface area contributed by atoms with E-state index in [9.17, 15) is 24.0 Å². The smallest absolute Gasteiger partial charge is 0.338 e. The number of Topliss-reactive ketones (excluding diaryl/α,β-unsaturated/α-hetero) is 1. The van der Waals surface area contributed by atoms with Crippen molar-refractivity contribution in [3.63, 3.8) is 0 Å². The molecule has 2 N–H and O–H groups in total. The van der Waals surface area contributed by atoms with Crippen molar-refractivity contribution in [1.29, 1.82) is 0 Å². The van der Waals surface area contributed by atoms with Crippen LogP contribution in [0.1, 0.15) is 37.5 Å². The van der Waals surface area contributed by atoms with Gasteiger partial charge in [0.25, 0.3) is 11.8 Å². The molecular weight excluding hydrogens is 506 g/mol. The highest BCUT2D eigenvalue weighted by Crippen LogP contribution is 2.28. The summed E-state index contributed by atoms with van der Waals surface area (Å²) in [5.41, 5.74) is 6.11. The molecular formula is C28H25N3O8. The fourth-order valence-corrected chi connectivity index (χ4v) is 3.88. The number of nitrogens with zero attached hydrogens (tertiary/aromatic N) is 1. The second kappa shape index (κ2) is 12.0. The minimum absolute atomic E-state index is 0.128. The standard InChI is InChI=1S/C28H25N3O8/c1-37-23-13-10-19(14-24(23)38-2)22(32)16-39-28(36)18-8-11-20(12-9-18)31-25(33)15-21(27(31)35)29-30-26(34)17-6-4-3-5-7-17/h3-14,21,29H,15-16H2,1-2H3,(H,30,34). The van der Waals surface area contributed by atoms with Crippen LogP contribution in [-0.4, -0.2) is 56.3 Å². The number of carbonyl (C=O) groups excluding carboxylic acids is 5. The first-order valence-corrected chi connectivity index (χ1v) is 11.8. The van der Waals surface area contributed by atoms with Crippen molar-refractivity contribution < 1.29 is 38.2 Å². The van der Waals surface area contributed by atoms with Crippen LogP contribution in [0.4, 0.5) is 5.69 Å². The monoisotopic (exact) mass is 531 g/mol. The fourth-order valence-electron chi connectivity index (χ4n) is 3.88. The number of ketones is 1. The molecule has 4 rings (SSSR count).